The smallest absolute Gasteiger partial charge is 0.225 e. The summed E-state index contributed by atoms with van der Waals surface area (Å²) in [6.45, 7) is 2.51. The predicted octanol–water partition coefficient (Wildman–Crippen LogP) is 2.62. The van der Waals surface area contributed by atoms with E-state index in [1.807, 2.05) is 0 Å². The van der Waals surface area contributed by atoms with Crippen molar-refractivity contribution in [1.29, 1.82) is 0 Å². The minimum absolute atomic E-state index is 0.119. The van der Waals surface area contributed by atoms with Crippen LogP contribution in [-0.2, 0) is 9.53 Å². The Morgan fingerprint density at radius 2 is 2.29 bits per heavy atom. The number of nitrogens with one attached hydrogen (secondary N) is 1. The van der Waals surface area contributed by atoms with Crippen LogP contribution in [0.2, 0.25) is 10.0 Å². The Kier molecular flexibility index (Phi) is 5.70. The number of ether oxygens (including phenoxy) is 1. The van der Waals surface area contributed by atoms with Gasteiger partial charge in [-0.1, -0.05) is 23.2 Å². The van der Waals surface area contributed by atoms with E-state index >= 15 is 0 Å². The van der Waals surface area contributed by atoms with Crippen LogP contribution in [0.4, 0.5) is 11.4 Å². The number of nitrogens with two attached hydrogens (primary N) is 1. The normalized spacial score (nSPS) is 18.9. The molecule has 1 amide bonds. The van der Waals surface area contributed by atoms with Crippen molar-refractivity contribution in [1.82, 2.24) is 4.90 Å². The second kappa shape index (κ2) is 7.31. The number of hydrogen-bond acceptors (Lipinski definition) is 4. The Hall–Kier alpha value is -1.01. The highest BCUT2D eigenvalue weighted by Crippen LogP contribution is 2.32. The zero-order valence-electron chi connectivity index (χ0n) is 11.9. The van der Waals surface area contributed by atoms with Gasteiger partial charge in [0.25, 0.3) is 0 Å². The maximum atomic E-state index is 12.0. The summed E-state index contributed by atoms with van der Waals surface area (Å²) in [5.41, 5.74) is 6.60. The Morgan fingerprint density at radius 1 is 1.52 bits per heavy atom. The monoisotopic (exact) mass is 331 g/mol. The lowest BCUT2D eigenvalue weighted by Gasteiger charge is -2.16. The van der Waals surface area contributed by atoms with Crippen molar-refractivity contribution in [3.05, 3.63) is 22.2 Å². The highest BCUT2D eigenvalue weighted by molar-refractivity contribution is 6.37. The van der Waals surface area contributed by atoms with E-state index in [0.29, 0.717) is 34.4 Å². The summed E-state index contributed by atoms with van der Waals surface area (Å²) < 4.78 is 5.30. The van der Waals surface area contributed by atoms with Gasteiger partial charge in [-0.05, 0) is 18.6 Å². The molecule has 21 heavy (non-hydrogen) atoms. The van der Waals surface area contributed by atoms with Crippen LogP contribution < -0.4 is 11.1 Å². The molecule has 1 saturated heterocycles. The lowest BCUT2D eigenvalue weighted by Crippen LogP contribution is -2.27. The maximum Gasteiger partial charge on any atom is 0.225 e. The molecule has 1 fully saturated rings. The highest BCUT2D eigenvalue weighted by atomic mass is 35.5. The molecule has 1 aliphatic rings. The number of likely N-dealkylation sites (tertiary alicyclic amines) is 1. The van der Waals surface area contributed by atoms with E-state index in [4.69, 9.17) is 33.7 Å². The summed E-state index contributed by atoms with van der Waals surface area (Å²) >= 11 is 11.9. The molecule has 0 saturated carbocycles. The van der Waals surface area contributed by atoms with Gasteiger partial charge in [0.05, 0.1) is 22.5 Å². The molecule has 1 aliphatic heterocycles. The van der Waals surface area contributed by atoms with Gasteiger partial charge >= 0.3 is 0 Å². The molecule has 1 aromatic carbocycles. The largest absolute Gasteiger partial charge is 0.397 e. The fraction of sp³-hybridized carbons (Fsp3) is 0.500. The summed E-state index contributed by atoms with van der Waals surface area (Å²) in [5, 5.41) is 3.53. The number of nitrogens with zero attached hydrogens (tertiary/aromatic N) is 1. The number of carbonyl (C=O) groups excluding carboxylic acids is 1. The quantitative estimate of drug-likeness (QED) is 0.814. The van der Waals surface area contributed by atoms with Crippen LogP contribution in [0.3, 0.4) is 0 Å². The zero-order valence-corrected chi connectivity index (χ0v) is 13.4. The number of amides is 1. The lowest BCUT2D eigenvalue weighted by atomic mass is 10.2. The molecule has 1 heterocycles. The number of rotatable bonds is 5. The third-order valence-corrected chi connectivity index (χ3v) is 4.08. The highest BCUT2D eigenvalue weighted by Gasteiger charge is 2.22. The Bertz CT molecular complexity index is 502. The van der Waals surface area contributed by atoms with Crippen molar-refractivity contribution >= 4 is 40.5 Å². The van der Waals surface area contributed by atoms with Gasteiger partial charge in [-0.3, -0.25) is 4.79 Å². The number of benzene rings is 1. The maximum absolute atomic E-state index is 12.0. The van der Waals surface area contributed by atoms with Crippen molar-refractivity contribution in [2.45, 2.75) is 18.9 Å². The van der Waals surface area contributed by atoms with Gasteiger partial charge in [-0.2, -0.15) is 0 Å². The number of nitrogen functional groups attached to an aromatic ring is 1. The minimum atomic E-state index is -0.119. The SMILES string of the molecule is COC1CCN(CCC(=O)Nc2c(N)cc(Cl)cc2Cl)C1. The predicted molar refractivity (Wildman–Crippen MR) is 86.0 cm³/mol. The molecule has 0 radical (unpaired) electrons. The molecule has 5 nitrogen and oxygen atoms in total. The van der Waals surface area contributed by atoms with E-state index in [1.165, 1.54) is 0 Å². The standard InChI is InChI=1S/C14H19Cl2N3O2/c1-21-10-2-4-19(8-10)5-3-13(20)18-14-11(16)6-9(15)7-12(14)17/h6-7,10H,2-5,8,17H2,1H3,(H,18,20). The summed E-state index contributed by atoms with van der Waals surface area (Å²) in [6, 6.07) is 3.12. The Morgan fingerprint density at radius 3 is 2.90 bits per heavy atom. The zero-order chi connectivity index (χ0) is 15.4. The molecule has 0 aromatic heterocycles. The molecular weight excluding hydrogens is 313 g/mol. The van der Waals surface area contributed by atoms with Gasteiger partial charge in [0.15, 0.2) is 0 Å². The molecule has 2 rings (SSSR count). The van der Waals surface area contributed by atoms with E-state index < -0.39 is 0 Å². The first-order valence-electron chi connectivity index (χ1n) is 6.79. The van der Waals surface area contributed by atoms with E-state index in [1.54, 1.807) is 19.2 Å². The molecule has 1 atom stereocenters. The van der Waals surface area contributed by atoms with Gasteiger partial charge in [0.1, 0.15) is 0 Å². The molecule has 1 aromatic rings. The first-order chi connectivity index (χ1) is 9.99. The lowest BCUT2D eigenvalue weighted by molar-refractivity contribution is -0.116. The van der Waals surface area contributed by atoms with Crippen LogP contribution in [0.15, 0.2) is 12.1 Å². The number of halogens is 2. The number of anilines is 2. The number of hydrogen-bond donors (Lipinski definition) is 2. The molecular formula is C14H19Cl2N3O2. The van der Waals surface area contributed by atoms with E-state index in [2.05, 4.69) is 10.2 Å². The minimum Gasteiger partial charge on any atom is -0.397 e. The van der Waals surface area contributed by atoms with Gasteiger partial charge in [0, 0.05) is 38.2 Å². The van der Waals surface area contributed by atoms with Crippen LogP contribution in [0, 0.1) is 0 Å². The molecule has 7 heteroatoms. The van der Waals surface area contributed by atoms with Gasteiger partial charge < -0.3 is 20.7 Å². The number of methoxy groups -OCH3 is 1. The first-order valence-corrected chi connectivity index (χ1v) is 7.54. The summed E-state index contributed by atoms with van der Waals surface area (Å²) in [6.07, 6.45) is 1.66. The van der Waals surface area contributed by atoms with Crippen molar-refractivity contribution in [2.75, 3.05) is 37.8 Å². The van der Waals surface area contributed by atoms with Crippen molar-refractivity contribution in [3.8, 4) is 0 Å². The average Bonchev–Trinajstić information content (AvgIpc) is 2.88. The second-order valence-electron chi connectivity index (χ2n) is 5.10. The summed E-state index contributed by atoms with van der Waals surface area (Å²) in [4.78, 5) is 14.2. The average molecular weight is 332 g/mol. The summed E-state index contributed by atoms with van der Waals surface area (Å²) in [7, 11) is 1.71. The fourth-order valence-electron chi connectivity index (χ4n) is 2.38. The molecule has 0 spiro atoms. The fourth-order valence-corrected chi connectivity index (χ4v) is 2.94. The molecule has 0 aliphatic carbocycles. The Balaban J connectivity index is 1.85. The van der Waals surface area contributed by atoms with Gasteiger partial charge in [-0.25, -0.2) is 0 Å². The van der Waals surface area contributed by atoms with Crippen molar-refractivity contribution in [3.63, 3.8) is 0 Å². The molecule has 116 valence electrons. The molecule has 3 N–H and O–H groups in total. The van der Waals surface area contributed by atoms with E-state index in [9.17, 15) is 4.79 Å². The topological polar surface area (TPSA) is 67.6 Å². The van der Waals surface area contributed by atoms with Crippen molar-refractivity contribution in [2.24, 2.45) is 0 Å². The van der Waals surface area contributed by atoms with Crippen molar-refractivity contribution < 1.29 is 9.53 Å². The van der Waals surface area contributed by atoms with E-state index in [0.717, 1.165) is 19.5 Å². The Labute approximate surface area is 134 Å². The third-order valence-electron chi connectivity index (χ3n) is 3.57. The van der Waals surface area contributed by atoms with Gasteiger partial charge in [-0.15, -0.1) is 0 Å². The van der Waals surface area contributed by atoms with E-state index in [-0.39, 0.29) is 12.0 Å². The molecule has 1 unspecified atom stereocenters. The van der Waals surface area contributed by atoms with Crippen LogP contribution in [0.25, 0.3) is 0 Å². The molecule has 0 bridgehead atoms. The second-order valence-corrected chi connectivity index (χ2v) is 5.94. The summed E-state index contributed by atoms with van der Waals surface area (Å²) in [5.74, 6) is -0.119. The van der Waals surface area contributed by atoms with Crippen LogP contribution >= 0.6 is 23.2 Å². The third kappa shape index (κ3) is 4.48. The van der Waals surface area contributed by atoms with Crippen LogP contribution in [0.1, 0.15) is 12.8 Å². The van der Waals surface area contributed by atoms with Crippen LogP contribution in [0.5, 0.6) is 0 Å². The van der Waals surface area contributed by atoms with Gasteiger partial charge in [0.2, 0.25) is 5.91 Å². The van der Waals surface area contributed by atoms with Crippen LogP contribution in [-0.4, -0.2) is 43.7 Å². The first kappa shape index (κ1) is 16.4. The number of carbonyl (C=O) groups is 1.